The van der Waals surface area contributed by atoms with Crippen LogP contribution in [0.3, 0.4) is 0 Å². The van der Waals surface area contributed by atoms with Crippen LogP contribution in [0.15, 0.2) is 18.2 Å². The summed E-state index contributed by atoms with van der Waals surface area (Å²) in [6.45, 7) is 4.76. The Hall–Kier alpha value is -2.08. The van der Waals surface area contributed by atoms with Crippen molar-refractivity contribution >= 4 is 12.0 Å². The van der Waals surface area contributed by atoms with Gasteiger partial charge < -0.3 is 15.7 Å². The van der Waals surface area contributed by atoms with Crippen LogP contribution in [0.5, 0.6) is 0 Å². The zero-order valence-corrected chi connectivity index (χ0v) is 16.3. The third-order valence-corrected chi connectivity index (χ3v) is 5.93. The van der Waals surface area contributed by atoms with E-state index in [-0.39, 0.29) is 30.7 Å². The molecule has 0 spiro atoms. The lowest BCUT2D eigenvalue weighted by Crippen LogP contribution is -2.56. The predicted octanol–water partition coefficient (Wildman–Crippen LogP) is 2.86. The van der Waals surface area contributed by atoms with Crippen LogP contribution in [0.2, 0.25) is 0 Å². The highest BCUT2D eigenvalue weighted by Crippen LogP contribution is 2.26. The van der Waals surface area contributed by atoms with E-state index in [0.29, 0.717) is 6.54 Å². The quantitative estimate of drug-likeness (QED) is 0.686. The zero-order chi connectivity index (χ0) is 19.4. The molecule has 0 unspecified atom stereocenters. The first kappa shape index (κ1) is 19.7. The molecule has 27 heavy (non-hydrogen) atoms. The molecule has 1 saturated carbocycles. The molecule has 2 aliphatic rings. The standard InChI is InChI=1S/C21H31N3O3/c1-3-24(13-20(25)26)19-11-18(12-19)23-21(27)22-14(2)16-9-8-15-6-4-5-7-17(15)10-16/h8-10,14,18-19H,3-7,11-13H2,1-2H3,(H,25,26)(H2,22,23,27)/t14-,18?,19?/m0/s1. The van der Waals surface area contributed by atoms with E-state index >= 15 is 0 Å². The molecule has 0 bridgehead atoms. The number of nitrogens with one attached hydrogen (secondary N) is 2. The lowest BCUT2D eigenvalue weighted by molar-refractivity contribution is -0.139. The molecule has 6 nitrogen and oxygen atoms in total. The van der Waals surface area contributed by atoms with Gasteiger partial charge in [-0.3, -0.25) is 9.69 Å². The van der Waals surface area contributed by atoms with Gasteiger partial charge in [-0.15, -0.1) is 0 Å². The Morgan fingerprint density at radius 2 is 1.93 bits per heavy atom. The van der Waals surface area contributed by atoms with E-state index < -0.39 is 5.97 Å². The molecular formula is C21H31N3O3. The minimum absolute atomic E-state index is 0.0350. The summed E-state index contributed by atoms with van der Waals surface area (Å²) in [4.78, 5) is 25.2. The van der Waals surface area contributed by atoms with E-state index in [0.717, 1.165) is 31.2 Å². The van der Waals surface area contributed by atoms with Crippen LogP contribution in [-0.4, -0.2) is 47.2 Å². The van der Waals surface area contributed by atoms with Crippen LogP contribution in [0.1, 0.15) is 62.3 Å². The lowest BCUT2D eigenvalue weighted by Gasteiger charge is -2.42. The SMILES string of the molecule is CCN(CC(=O)O)C1CC(NC(=O)N[C@@H](C)c2ccc3c(c2)CCCC3)C1. The van der Waals surface area contributed by atoms with Crippen LogP contribution in [-0.2, 0) is 17.6 Å². The molecule has 1 aromatic rings. The predicted molar refractivity (Wildman–Crippen MR) is 105 cm³/mol. The van der Waals surface area contributed by atoms with Crippen LogP contribution < -0.4 is 10.6 Å². The number of hydrogen-bond donors (Lipinski definition) is 3. The van der Waals surface area contributed by atoms with E-state index in [4.69, 9.17) is 5.11 Å². The number of carboxylic acid groups (broad SMARTS) is 1. The third kappa shape index (κ3) is 5.01. The van der Waals surface area contributed by atoms with E-state index in [9.17, 15) is 9.59 Å². The average Bonchev–Trinajstić information content (AvgIpc) is 2.62. The number of carboxylic acids is 1. The number of carbonyl (C=O) groups excluding carboxylic acids is 1. The van der Waals surface area contributed by atoms with Gasteiger partial charge in [0.1, 0.15) is 0 Å². The van der Waals surface area contributed by atoms with Crippen LogP contribution >= 0.6 is 0 Å². The fraction of sp³-hybridized carbons (Fsp3) is 0.619. The number of nitrogens with zero attached hydrogens (tertiary/aromatic N) is 1. The molecule has 2 amide bonds. The molecule has 0 saturated heterocycles. The van der Waals surface area contributed by atoms with E-state index in [1.807, 2.05) is 18.7 Å². The molecule has 3 N–H and O–H groups in total. The Morgan fingerprint density at radius 3 is 2.59 bits per heavy atom. The first-order valence-electron chi connectivity index (χ1n) is 10.1. The van der Waals surface area contributed by atoms with Crippen molar-refractivity contribution in [3.63, 3.8) is 0 Å². The van der Waals surface area contributed by atoms with Gasteiger partial charge in [0.05, 0.1) is 12.6 Å². The van der Waals surface area contributed by atoms with E-state index in [2.05, 4.69) is 28.8 Å². The lowest BCUT2D eigenvalue weighted by atomic mass is 9.85. The molecule has 6 heteroatoms. The van der Waals surface area contributed by atoms with Gasteiger partial charge in [-0.05, 0) is 68.7 Å². The monoisotopic (exact) mass is 373 g/mol. The van der Waals surface area contributed by atoms with Crippen molar-refractivity contribution in [3.8, 4) is 0 Å². The molecule has 0 aromatic heterocycles. The molecule has 0 radical (unpaired) electrons. The number of aryl methyl sites for hydroxylation is 2. The van der Waals surface area contributed by atoms with Crippen molar-refractivity contribution in [2.24, 2.45) is 0 Å². The van der Waals surface area contributed by atoms with Crippen molar-refractivity contribution in [2.45, 2.75) is 70.5 Å². The van der Waals surface area contributed by atoms with Gasteiger partial charge in [0, 0.05) is 12.1 Å². The number of rotatable bonds is 7. The highest BCUT2D eigenvalue weighted by molar-refractivity contribution is 5.75. The summed E-state index contributed by atoms with van der Waals surface area (Å²) < 4.78 is 0. The van der Waals surface area contributed by atoms with Crippen molar-refractivity contribution < 1.29 is 14.7 Å². The van der Waals surface area contributed by atoms with Gasteiger partial charge in [-0.25, -0.2) is 4.79 Å². The minimum Gasteiger partial charge on any atom is -0.480 e. The van der Waals surface area contributed by atoms with Crippen molar-refractivity contribution in [2.75, 3.05) is 13.1 Å². The van der Waals surface area contributed by atoms with Gasteiger partial charge in [0.15, 0.2) is 0 Å². The summed E-state index contributed by atoms with van der Waals surface area (Å²) in [5.74, 6) is -0.801. The number of aliphatic carboxylic acids is 1. The molecular weight excluding hydrogens is 342 g/mol. The van der Waals surface area contributed by atoms with E-state index in [1.165, 1.54) is 24.0 Å². The maximum atomic E-state index is 12.3. The molecule has 148 valence electrons. The topological polar surface area (TPSA) is 81.7 Å². The summed E-state index contributed by atoms with van der Waals surface area (Å²) in [7, 11) is 0. The second kappa shape index (κ2) is 8.74. The van der Waals surface area contributed by atoms with Gasteiger partial charge in [-0.1, -0.05) is 25.1 Å². The molecule has 2 aliphatic carbocycles. The summed E-state index contributed by atoms with van der Waals surface area (Å²) in [5.41, 5.74) is 4.02. The molecule has 1 atom stereocenters. The summed E-state index contributed by atoms with van der Waals surface area (Å²) in [5, 5.41) is 15.0. The Bertz CT molecular complexity index is 685. The summed E-state index contributed by atoms with van der Waals surface area (Å²) in [6.07, 6.45) is 6.43. The maximum absolute atomic E-state index is 12.3. The first-order chi connectivity index (χ1) is 13.0. The highest BCUT2D eigenvalue weighted by Gasteiger charge is 2.34. The third-order valence-electron chi connectivity index (χ3n) is 5.93. The summed E-state index contributed by atoms with van der Waals surface area (Å²) >= 11 is 0. The van der Waals surface area contributed by atoms with E-state index in [1.54, 1.807) is 0 Å². The maximum Gasteiger partial charge on any atom is 0.317 e. The van der Waals surface area contributed by atoms with Gasteiger partial charge in [0.2, 0.25) is 0 Å². The highest BCUT2D eigenvalue weighted by atomic mass is 16.4. The van der Waals surface area contributed by atoms with Crippen molar-refractivity contribution in [1.29, 1.82) is 0 Å². The Balaban J connectivity index is 1.45. The molecule has 1 fully saturated rings. The number of amides is 2. The molecule has 0 heterocycles. The van der Waals surface area contributed by atoms with Crippen LogP contribution in [0.4, 0.5) is 4.79 Å². The Morgan fingerprint density at radius 1 is 1.22 bits per heavy atom. The van der Waals surface area contributed by atoms with Crippen molar-refractivity contribution in [1.82, 2.24) is 15.5 Å². The first-order valence-corrected chi connectivity index (χ1v) is 10.1. The fourth-order valence-corrected chi connectivity index (χ4v) is 4.21. The second-order valence-electron chi connectivity index (χ2n) is 7.85. The largest absolute Gasteiger partial charge is 0.480 e. The number of fused-ring (bicyclic) bond motifs is 1. The number of urea groups is 1. The molecule has 3 rings (SSSR count). The smallest absolute Gasteiger partial charge is 0.317 e. The number of likely N-dealkylation sites (N-methyl/N-ethyl adjacent to an activating group) is 1. The van der Waals surface area contributed by atoms with Gasteiger partial charge in [0.25, 0.3) is 0 Å². The van der Waals surface area contributed by atoms with Crippen molar-refractivity contribution in [3.05, 3.63) is 34.9 Å². The Kier molecular flexibility index (Phi) is 6.37. The number of hydrogen-bond acceptors (Lipinski definition) is 3. The zero-order valence-electron chi connectivity index (χ0n) is 16.3. The Labute approximate surface area is 161 Å². The normalized spacial score (nSPS) is 22.5. The van der Waals surface area contributed by atoms with Gasteiger partial charge >= 0.3 is 12.0 Å². The van der Waals surface area contributed by atoms with Gasteiger partial charge in [-0.2, -0.15) is 0 Å². The molecule has 1 aromatic carbocycles. The summed E-state index contributed by atoms with van der Waals surface area (Å²) in [6, 6.07) is 6.75. The van der Waals surface area contributed by atoms with Crippen LogP contribution in [0, 0.1) is 0 Å². The number of carbonyl (C=O) groups is 2. The average molecular weight is 373 g/mol. The number of benzene rings is 1. The second-order valence-corrected chi connectivity index (χ2v) is 7.85. The van der Waals surface area contributed by atoms with Crippen LogP contribution in [0.25, 0.3) is 0 Å². The fourth-order valence-electron chi connectivity index (χ4n) is 4.21. The molecule has 0 aliphatic heterocycles. The minimum atomic E-state index is -0.801.